The van der Waals surface area contributed by atoms with Crippen LogP contribution in [0.4, 0.5) is 5.69 Å². The lowest BCUT2D eigenvalue weighted by Crippen LogP contribution is -2.38. The van der Waals surface area contributed by atoms with E-state index in [4.69, 9.17) is 4.74 Å². The van der Waals surface area contributed by atoms with Crippen molar-refractivity contribution < 1.29 is 9.94 Å². The highest BCUT2D eigenvalue weighted by Crippen LogP contribution is 2.42. The summed E-state index contributed by atoms with van der Waals surface area (Å²) in [6.07, 6.45) is 1.81. The molecule has 0 amide bonds. The van der Waals surface area contributed by atoms with Gasteiger partial charge < -0.3 is 14.8 Å². The largest absolute Gasteiger partial charge is 0.411 e. The number of hydrogen-bond donors (Lipinski definition) is 1. The Morgan fingerprint density at radius 3 is 2.39 bits per heavy atom. The van der Waals surface area contributed by atoms with Crippen molar-refractivity contribution in [3.8, 4) is 0 Å². The molecule has 0 bridgehead atoms. The lowest BCUT2D eigenvalue weighted by Gasteiger charge is -2.36. The summed E-state index contributed by atoms with van der Waals surface area (Å²) in [6.45, 7) is 7.42. The Hall–Kier alpha value is -3.18. The minimum absolute atomic E-state index is 0.605. The Bertz CT molecular complexity index is 1050. The molecule has 3 rings (SSSR count). The van der Waals surface area contributed by atoms with Gasteiger partial charge in [0.15, 0.2) is 0 Å². The van der Waals surface area contributed by atoms with Crippen molar-refractivity contribution in [2.75, 3.05) is 32.2 Å². The van der Waals surface area contributed by atoms with Crippen LogP contribution in [0, 0.1) is 13.8 Å². The van der Waals surface area contributed by atoms with Crippen molar-refractivity contribution in [1.29, 1.82) is 0 Å². The Morgan fingerprint density at radius 2 is 1.77 bits per heavy atom. The molecule has 0 unspecified atom stereocenters. The van der Waals surface area contributed by atoms with Crippen LogP contribution in [0.2, 0.25) is 0 Å². The highest BCUT2D eigenvalue weighted by atomic mass is 16.5. The SMILES string of the molecule is COCCN(C)c1ccc([C@@](/C(C)=N\O)(c2ccnc(C)c2)c2ccccc2C)cc1. The molecule has 1 heterocycles. The van der Waals surface area contributed by atoms with Gasteiger partial charge in [-0.15, -0.1) is 0 Å². The number of benzene rings is 2. The molecule has 162 valence electrons. The standard InChI is InChI=1S/C26H31N3O2/c1-19-8-6-7-9-25(19)26(21(3)28-30,23-14-15-27-20(2)18-23)22-10-12-24(13-11-22)29(4)16-17-31-5/h6-15,18,30H,16-17H2,1-5H3/b28-21-/t26-/m0/s1. The van der Waals surface area contributed by atoms with E-state index in [-0.39, 0.29) is 0 Å². The van der Waals surface area contributed by atoms with Crippen LogP contribution in [-0.4, -0.2) is 43.2 Å². The van der Waals surface area contributed by atoms with E-state index in [0.29, 0.717) is 12.3 Å². The molecule has 1 atom stereocenters. The van der Waals surface area contributed by atoms with Gasteiger partial charge in [0.25, 0.3) is 0 Å². The van der Waals surface area contributed by atoms with Gasteiger partial charge in [-0.3, -0.25) is 4.98 Å². The third kappa shape index (κ3) is 4.32. The van der Waals surface area contributed by atoms with E-state index in [0.717, 1.165) is 40.2 Å². The van der Waals surface area contributed by atoms with Crippen molar-refractivity contribution in [3.05, 3.63) is 94.8 Å². The number of ether oxygens (including phenoxy) is 1. The number of likely N-dealkylation sites (N-methyl/N-ethyl adjacent to an activating group) is 1. The molecule has 0 aliphatic rings. The summed E-state index contributed by atoms with van der Waals surface area (Å²) < 4.78 is 5.21. The fourth-order valence-electron chi connectivity index (χ4n) is 4.26. The first-order valence-electron chi connectivity index (χ1n) is 10.4. The highest BCUT2D eigenvalue weighted by Gasteiger charge is 2.41. The van der Waals surface area contributed by atoms with E-state index in [1.165, 1.54) is 0 Å². The number of aryl methyl sites for hydroxylation is 2. The van der Waals surface area contributed by atoms with Crippen LogP contribution in [0.1, 0.15) is 34.9 Å². The molecule has 1 aromatic heterocycles. The second-order valence-electron chi connectivity index (χ2n) is 7.90. The highest BCUT2D eigenvalue weighted by molar-refractivity contribution is 6.00. The van der Waals surface area contributed by atoms with Crippen LogP contribution >= 0.6 is 0 Å². The van der Waals surface area contributed by atoms with E-state index < -0.39 is 5.41 Å². The fraction of sp³-hybridized carbons (Fsp3) is 0.308. The maximum absolute atomic E-state index is 10.0. The number of methoxy groups -OCH3 is 1. The molecule has 31 heavy (non-hydrogen) atoms. The van der Waals surface area contributed by atoms with Crippen molar-refractivity contribution in [1.82, 2.24) is 4.98 Å². The number of aromatic nitrogens is 1. The van der Waals surface area contributed by atoms with E-state index in [2.05, 4.69) is 71.5 Å². The number of pyridine rings is 1. The smallest absolute Gasteiger partial charge is 0.0868 e. The Morgan fingerprint density at radius 1 is 1.06 bits per heavy atom. The predicted octanol–water partition coefficient (Wildman–Crippen LogP) is 4.97. The van der Waals surface area contributed by atoms with Gasteiger partial charge in [-0.25, -0.2) is 0 Å². The molecular formula is C26H31N3O2. The van der Waals surface area contributed by atoms with E-state index in [1.54, 1.807) is 7.11 Å². The van der Waals surface area contributed by atoms with E-state index >= 15 is 0 Å². The molecule has 0 spiro atoms. The third-order valence-electron chi connectivity index (χ3n) is 5.94. The minimum Gasteiger partial charge on any atom is -0.411 e. The van der Waals surface area contributed by atoms with Crippen molar-refractivity contribution in [2.45, 2.75) is 26.2 Å². The number of hydrogen-bond acceptors (Lipinski definition) is 5. The molecule has 0 fully saturated rings. The molecule has 0 aliphatic heterocycles. The molecule has 0 saturated carbocycles. The Labute approximate surface area is 185 Å². The summed E-state index contributed by atoms with van der Waals surface area (Å²) in [4.78, 5) is 6.55. The normalized spacial score (nSPS) is 13.6. The zero-order valence-corrected chi connectivity index (χ0v) is 19.0. The molecule has 2 aromatic carbocycles. The molecule has 0 aliphatic carbocycles. The lowest BCUT2D eigenvalue weighted by atomic mass is 9.65. The number of rotatable bonds is 8. The average molecular weight is 418 g/mol. The van der Waals surface area contributed by atoms with E-state index in [9.17, 15) is 5.21 Å². The second-order valence-corrected chi connectivity index (χ2v) is 7.90. The molecule has 0 radical (unpaired) electrons. The zero-order chi connectivity index (χ0) is 22.4. The maximum Gasteiger partial charge on any atom is 0.0868 e. The number of anilines is 1. The Kier molecular flexibility index (Phi) is 7.08. The van der Waals surface area contributed by atoms with Crippen LogP contribution in [-0.2, 0) is 10.2 Å². The van der Waals surface area contributed by atoms with Gasteiger partial charge in [-0.2, -0.15) is 0 Å². The zero-order valence-electron chi connectivity index (χ0n) is 19.0. The van der Waals surface area contributed by atoms with Gasteiger partial charge in [-0.1, -0.05) is 41.6 Å². The van der Waals surface area contributed by atoms with Gasteiger partial charge in [0.2, 0.25) is 0 Å². The fourth-order valence-corrected chi connectivity index (χ4v) is 4.26. The van der Waals surface area contributed by atoms with Crippen LogP contribution in [0.5, 0.6) is 0 Å². The first kappa shape index (κ1) is 22.5. The quantitative estimate of drug-likeness (QED) is 0.320. The minimum atomic E-state index is -0.739. The van der Waals surface area contributed by atoms with Gasteiger partial charge in [0.1, 0.15) is 0 Å². The Balaban J connectivity index is 2.27. The van der Waals surface area contributed by atoms with Gasteiger partial charge in [0.05, 0.1) is 17.7 Å². The van der Waals surface area contributed by atoms with Crippen LogP contribution < -0.4 is 4.90 Å². The van der Waals surface area contributed by atoms with Gasteiger partial charge in [-0.05, 0) is 67.3 Å². The first-order valence-corrected chi connectivity index (χ1v) is 10.4. The summed E-state index contributed by atoms with van der Waals surface area (Å²) in [7, 11) is 3.76. The molecule has 5 heteroatoms. The maximum atomic E-state index is 10.0. The lowest BCUT2D eigenvalue weighted by molar-refractivity contribution is 0.206. The van der Waals surface area contributed by atoms with Crippen molar-refractivity contribution in [3.63, 3.8) is 0 Å². The number of nitrogens with zero attached hydrogens (tertiary/aromatic N) is 3. The van der Waals surface area contributed by atoms with Crippen LogP contribution in [0.3, 0.4) is 0 Å². The van der Waals surface area contributed by atoms with Gasteiger partial charge >= 0.3 is 0 Å². The summed E-state index contributed by atoms with van der Waals surface area (Å²) in [6, 6.07) is 20.8. The van der Waals surface area contributed by atoms with Crippen LogP contribution in [0.15, 0.2) is 72.0 Å². The monoisotopic (exact) mass is 417 g/mol. The van der Waals surface area contributed by atoms with Crippen LogP contribution in [0.25, 0.3) is 0 Å². The molecule has 3 aromatic rings. The van der Waals surface area contributed by atoms with E-state index in [1.807, 2.05) is 38.2 Å². The summed E-state index contributed by atoms with van der Waals surface area (Å²) >= 11 is 0. The van der Waals surface area contributed by atoms with Gasteiger partial charge in [0, 0.05) is 38.3 Å². The third-order valence-corrected chi connectivity index (χ3v) is 5.94. The summed E-state index contributed by atoms with van der Waals surface area (Å²) in [5, 5.41) is 13.7. The summed E-state index contributed by atoms with van der Waals surface area (Å²) in [5.74, 6) is 0. The predicted molar refractivity (Wildman–Crippen MR) is 127 cm³/mol. The topological polar surface area (TPSA) is 58.0 Å². The second kappa shape index (κ2) is 9.75. The average Bonchev–Trinajstić information content (AvgIpc) is 2.79. The summed E-state index contributed by atoms with van der Waals surface area (Å²) in [5.41, 5.74) is 6.14. The molecule has 5 nitrogen and oxygen atoms in total. The number of oxime groups is 1. The van der Waals surface area contributed by atoms with Crippen molar-refractivity contribution >= 4 is 11.4 Å². The molecular weight excluding hydrogens is 386 g/mol. The molecule has 1 N–H and O–H groups in total. The van der Waals surface area contributed by atoms with Crippen molar-refractivity contribution in [2.24, 2.45) is 5.16 Å². The first-order chi connectivity index (χ1) is 14.9. The molecule has 0 saturated heterocycles.